The SMILES string of the molecule is Clc1ccc2[nH]cc(-c3nnnn3-c3ccc4ccccc4c3)c2c1. The van der Waals surface area contributed by atoms with Crippen LogP contribution in [0.5, 0.6) is 0 Å². The van der Waals surface area contributed by atoms with Gasteiger partial charge < -0.3 is 4.98 Å². The standard InChI is InChI=1S/C19H12ClN5/c20-14-6-8-18-16(10-14)17(11-21-18)19-22-23-24-25(19)15-7-5-12-3-1-2-4-13(12)9-15/h1-11,21H. The summed E-state index contributed by atoms with van der Waals surface area (Å²) in [7, 11) is 0. The van der Waals surface area contributed by atoms with E-state index >= 15 is 0 Å². The summed E-state index contributed by atoms with van der Waals surface area (Å²) < 4.78 is 1.75. The Bertz CT molecular complexity index is 1220. The fraction of sp³-hybridized carbons (Fsp3) is 0. The molecule has 0 saturated carbocycles. The van der Waals surface area contributed by atoms with Gasteiger partial charge in [0.15, 0.2) is 5.82 Å². The van der Waals surface area contributed by atoms with Crippen LogP contribution in [0.1, 0.15) is 0 Å². The van der Waals surface area contributed by atoms with Gasteiger partial charge in [-0.2, -0.15) is 4.68 Å². The normalized spacial score (nSPS) is 11.4. The molecule has 0 radical (unpaired) electrons. The van der Waals surface area contributed by atoms with Crippen molar-refractivity contribution in [2.45, 2.75) is 0 Å². The minimum absolute atomic E-state index is 0.670. The first-order chi connectivity index (χ1) is 12.3. The van der Waals surface area contributed by atoms with Crippen molar-refractivity contribution in [2.75, 3.05) is 0 Å². The molecule has 0 amide bonds. The lowest BCUT2D eigenvalue weighted by Gasteiger charge is -2.06. The monoisotopic (exact) mass is 345 g/mol. The molecule has 0 saturated heterocycles. The average Bonchev–Trinajstić information content (AvgIpc) is 3.27. The van der Waals surface area contributed by atoms with E-state index in [2.05, 4.69) is 44.8 Å². The Kier molecular flexibility index (Phi) is 3.08. The molecule has 0 atom stereocenters. The molecular formula is C19H12ClN5. The van der Waals surface area contributed by atoms with Crippen LogP contribution in [-0.2, 0) is 0 Å². The zero-order chi connectivity index (χ0) is 16.8. The minimum atomic E-state index is 0.670. The number of tetrazole rings is 1. The summed E-state index contributed by atoms with van der Waals surface area (Å²) in [6.07, 6.45) is 1.91. The molecule has 2 aromatic heterocycles. The highest BCUT2D eigenvalue weighted by Gasteiger charge is 2.15. The molecule has 6 heteroatoms. The number of benzene rings is 3. The van der Waals surface area contributed by atoms with E-state index < -0.39 is 0 Å². The molecule has 1 N–H and O–H groups in total. The van der Waals surface area contributed by atoms with E-state index in [1.54, 1.807) is 4.68 Å². The third-order valence-corrected chi connectivity index (χ3v) is 4.57. The van der Waals surface area contributed by atoms with Crippen LogP contribution < -0.4 is 0 Å². The average molecular weight is 346 g/mol. The fourth-order valence-corrected chi connectivity index (χ4v) is 3.29. The maximum absolute atomic E-state index is 6.16. The van der Waals surface area contributed by atoms with E-state index in [1.807, 2.05) is 42.6 Å². The maximum Gasteiger partial charge on any atom is 0.189 e. The largest absolute Gasteiger partial charge is 0.360 e. The summed E-state index contributed by atoms with van der Waals surface area (Å²) in [5.74, 6) is 0.670. The number of hydrogen-bond donors (Lipinski definition) is 1. The van der Waals surface area contributed by atoms with Crippen molar-refractivity contribution in [1.82, 2.24) is 25.2 Å². The van der Waals surface area contributed by atoms with Crippen LogP contribution in [0, 0.1) is 0 Å². The van der Waals surface area contributed by atoms with Gasteiger partial charge in [-0.05, 0) is 51.5 Å². The van der Waals surface area contributed by atoms with E-state index in [4.69, 9.17) is 11.6 Å². The molecule has 0 spiro atoms. The summed E-state index contributed by atoms with van der Waals surface area (Å²) >= 11 is 6.16. The van der Waals surface area contributed by atoms with Crippen LogP contribution in [0.4, 0.5) is 0 Å². The zero-order valence-electron chi connectivity index (χ0n) is 13.0. The van der Waals surface area contributed by atoms with Gasteiger partial charge in [-0.3, -0.25) is 0 Å². The summed E-state index contributed by atoms with van der Waals surface area (Å²) in [6.45, 7) is 0. The number of hydrogen-bond acceptors (Lipinski definition) is 3. The summed E-state index contributed by atoms with van der Waals surface area (Å²) in [5.41, 5.74) is 2.82. The van der Waals surface area contributed by atoms with E-state index in [-0.39, 0.29) is 0 Å². The van der Waals surface area contributed by atoms with Gasteiger partial charge in [0.1, 0.15) is 0 Å². The highest BCUT2D eigenvalue weighted by Crippen LogP contribution is 2.30. The number of aromatic nitrogens is 5. The molecule has 25 heavy (non-hydrogen) atoms. The molecule has 3 aromatic carbocycles. The predicted molar refractivity (Wildman–Crippen MR) is 99.0 cm³/mol. The van der Waals surface area contributed by atoms with E-state index in [1.165, 1.54) is 5.39 Å². The van der Waals surface area contributed by atoms with Crippen LogP contribution in [0.25, 0.3) is 38.8 Å². The number of fused-ring (bicyclic) bond motifs is 2. The maximum atomic E-state index is 6.16. The zero-order valence-corrected chi connectivity index (χ0v) is 13.8. The van der Waals surface area contributed by atoms with Gasteiger partial charge in [0.25, 0.3) is 0 Å². The smallest absolute Gasteiger partial charge is 0.189 e. The second-order valence-corrected chi connectivity index (χ2v) is 6.27. The Labute approximate surface area is 147 Å². The van der Waals surface area contributed by atoms with Crippen LogP contribution in [-0.4, -0.2) is 25.2 Å². The number of aromatic amines is 1. The topological polar surface area (TPSA) is 59.4 Å². The molecule has 5 nitrogen and oxygen atoms in total. The number of rotatable bonds is 2. The molecule has 0 aliphatic carbocycles. The van der Waals surface area contributed by atoms with Gasteiger partial charge in [0.05, 0.1) is 5.69 Å². The van der Waals surface area contributed by atoms with Crippen molar-refractivity contribution < 1.29 is 0 Å². The van der Waals surface area contributed by atoms with Crippen molar-refractivity contribution in [1.29, 1.82) is 0 Å². The van der Waals surface area contributed by atoms with Gasteiger partial charge in [0.2, 0.25) is 0 Å². The first kappa shape index (κ1) is 14.2. The summed E-state index contributed by atoms with van der Waals surface area (Å²) in [6, 6.07) is 20.1. The third-order valence-electron chi connectivity index (χ3n) is 4.33. The van der Waals surface area contributed by atoms with Crippen LogP contribution in [0.3, 0.4) is 0 Å². The summed E-state index contributed by atoms with van der Waals surface area (Å²) in [5, 5.41) is 16.3. The van der Waals surface area contributed by atoms with E-state index in [0.29, 0.717) is 10.8 Å². The Hall–Kier alpha value is -3.18. The number of nitrogens with zero attached hydrogens (tertiary/aromatic N) is 4. The molecule has 0 aliphatic rings. The lowest BCUT2D eigenvalue weighted by Crippen LogP contribution is -1.99. The predicted octanol–water partition coefficient (Wildman–Crippen LogP) is 4.62. The van der Waals surface area contributed by atoms with Gasteiger partial charge in [-0.25, -0.2) is 0 Å². The van der Waals surface area contributed by atoms with Gasteiger partial charge in [-0.15, -0.1) is 5.10 Å². The lowest BCUT2D eigenvalue weighted by atomic mass is 10.1. The number of nitrogens with one attached hydrogen (secondary N) is 1. The second-order valence-electron chi connectivity index (χ2n) is 5.84. The van der Waals surface area contributed by atoms with Crippen molar-refractivity contribution >= 4 is 33.3 Å². The number of H-pyrrole nitrogens is 1. The Morgan fingerprint density at radius 3 is 2.72 bits per heavy atom. The number of halogens is 1. The summed E-state index contributed by atoms with van der Waals surface area (Å²) in [4.78, 5) is 3.24. The van der Waals surface area contributed by atoms with Crippen molar-refractivity contribution in [3.63, 3.8) is 0 Å². The van der Waals surface area contributed by atoms with Crippen LogP contribution in [0.15, 0.2) is 66.9 Å². The van der Waals surface area contributed by atoms with E-state index in [9.17, 15) is 0 Å². The highest BCUT2D eigenvalue weighted by molar-refractivity contribution is 6.31. The van der Waals surface area contributed by atoms with Gasteiger partial charge in [0, 0.05) is 27.7 Å². The molecule has 0 fully saturated rings. The lowest BCUT2D eigenvalue weighted by molar-refractivity contribution is 0.792. The van der Waals surface area contributed by atoms with Crippen molar-refractivity contribution in [3.8, 4) is 17.1 Å². The molecule has 0 aliphatic heterocycles. The highest BCUT2D eigenvalue weighted by atomic mass is 35.5. The van der Waals surface area contributed by atoms with Crippen molar-refractivity contribution in [3.05, 3.63) is 71.9 Å². The second kappa shape index (κ2) is 5.43. The minimum Gasteiger partial charge on any atom is -0.360 e. The van der Waals surface area contributed by atoms with Gasteiger partial charge in [-0.1, -0.05) is 41.9 Å². The molecule has 0 bridgehead atoms. The molecule has 5 aromatic rings. The molecule has 5 rings (SSSR count). The first-order valence-electron chi connectivity index (χ1n) is 7.84. The quantitative estimate of drug-likeness (QED) is 0.508. The molecule has 0 unspecified atom stereocenters. The molecule has 2 heterocycles. The van der Waals surface area contributed by atoms with E-state index in [0.717, 1.165) is 27.5 Å². The van der Waals surface area contributed by atoms with Crippen molar-refractivity contribution in [2.24, 2.45) is 0 Å². The Morgan fingerprint density at radius 2 is 1.80 bits per heavy atom. The van der Waals surface area contributed by atoms with Crippen LogP contribution in [0.2, 0.25) is 5.02 Å². The molecule has 120 valence electrons. The van der Waals surface area contributed by atoms with Crippen LogP contribution >= 0.6 is 11.6 Å². The Balaban J connectivity index is 1.71. The first-order valence-corrected chi connectivity index (χ1v) is 8.22. The molecular weight excluding hydrogens is 334 g/mol. The fourth-order valence-electron chi connectivity index (χ4n) is 3.12. The third kappa shape index (κ3) is 2.28. The van der Waals surface area contributed by atoms with Gasteiger partial charge >= 0.3 is 0 Å². The Morgan fingerprint density at radius 1 is 0.920 bits per heavy atom.